The summed E-state index contributed by atoms with van der Waals surface area (Å²) >= 11 is 0. The van der Waals surface area contributed by atoms with Gasteiger partial charge in [0.05, 0.1) is 31.2 Å². The first kappa shape index (κ1) is 18.9. The molecule has 0 amide bonds. The summed E-state index contributed by atoms with van der Waals surface area (Å²) in [6.45, 7) is 0.685. The van der Waals surface area contributed by atoms with Crippen molar-refractivity contribution in [3.8, 4) is 16.9 Å². The fraction of sp³-hybridized carbons (Fsp3) is 0.208. The van der Waals surface area contributed by atoms with Crippen LogP contribution < -0.4 is 4.74 Å². The first-order valence-corrected chi connectivity index (χ1v) is 9.63. The van der Waals surface area contributed by atoms with E-state index in [4.69, 9.17) is 9.47 Å². The van der Waals surface area contributed by atoms with E-state index >= 15 is 0 Å². The molecule has 0 bridgehead atoms. The molecule has 29 heavy (non-hydrogen) atoms. The quantitative estimate of drug-likeness (QED) is 0.447. The van der Waals surface area contributed by atoms with Crippen LogP contribution in [0.25, 0.3) is 11.1 Å². The maximum Gasteiger partial charge on any atom is 0.340 e. The molecule has 0 radical (unpaired) electrons. The van der Waals surface area contributed by atoms with Gasteiger partial charge in [0.25, 0.3) is 0 Å². The zero-order valence-electron chi connectivity index (χ0n) is 16.2. The number of pyridine rings is 1. The van der Waals surface area contributed by atoms with Crippen molar-refractivity contribution >= 4 is 17.9 Å². The van der Waals surface area contributed by atoms with Gasteiger partial charge >= 0.3 is 5.97 Å². The average Bonchev–Trinajstić information content (AvgIpc) is 2.79. The van der Waals surface area contributed by atoms with Gasteiger partial charge in [-0.25, -0.2) is 4.79 Å². The van der Waals surface area contributed by atoms with Gasteiger partial charge in [0.2, 0.25) is 0 Å². The monoisotopic (exact) mass is 386 g/mol. The number of rotatable bonds is 5. The van der Waals surface area contributed by atoms with Crippen LogP contribution >= 0.6 is 0 Å². The van der Waals surface area contributed by atoms with E-state index in [0.717, 1.165) is 24.2 Å². The Kier molecular flexibility index (Phi) is 5.66. The van der Waals surface area contributed by atoms with Crippen molar-refractivity contribution < 1.29 is 14.3 Å². The molecule has 1 aliphatic rings. The van der Waals surface area contributed by atoms with Gasteiger partial charge in [0.15, 0.2) is 0 Å². The minimum absolute atomic E-state index is 0.325. The molecule has 5 nitrogen and oxygen atoms in total. The Morgan fingerprint density at radius 3 is 2.90 bits per heavy atom. The number of nitrogens with zero attached hydrogens (tertiary/aromatic N) is 2. The third-order valence-corrected chi connectivity index (χ3v) is 5.11. The van der Waals surface area contributed by atoms with Gasteiger partial charge in [-0.1, -0.05) is 42.5 Å². The van der Waals surface area contributed by atoms with Gasteiger partial charge < -0.3 is 9.47 Å². The van der Waals surface area contributed by atoms with Gasteiger partial charge in [0.1, 0.15) is 5.75 Å². The van der Waals surface area contributed by atoms with Crippen LogP contribution in [0.2, 0.25) is 0 Å². The number of aliphatic imine (C=N–C) groups is 1. The van der Waals surface area contributed by atoms with E-state index < -0.39 is 5.97 Å². The summed E-state index contributed by atoms with van der Waals surface area (Å²) in [6.07, 6.45) is 6.68. The lowest BCUT2D eigenvalue weighted by atomic mass is 9.89. The number of ether oxygens (including phenoxy) is 2. The molecule has 4 rings (SSSR count). The van der Waals surface area contributed by atoms with E-state index in [0.29, 0.717) is 23.8 Å². The molecular formula is C24H22N2O3. The van der Waals surface area contributed by atoms with Crippen molar-refractivity contribution in [2.24, 2.45) is 4.99 Å². The number of carbonyl (C=O) groups is 1. The normalized spacial score (nSPS) is 15.6. The summed E-state index contributed by atoms with van der Waals surface area (Å²) in [4.78, 5) is 20.4. The molecule has 2 heterocycles. The smallest absolute Gasteiger partial charge is 0.340 e. The van der Waals surface area contributed by atoms with Gasteiger partial charge in [-0.2, -0.15) is 0 Å². The number of esters is 1. The highest BCUT2D eigenvalue weighted by atomic mass is 16.5. The number of methoxy groups -OCH3 is 1. The standard InChI is InChI=1S/C24H22N2O3/c1-28-24(27)21-10-12-25-16-22(21)26-13-9-18-11-14-29-23-15-19(7-8-20(18)23)17-5-3-2-4-6-17/h2-8,10,12-13,15-16,18H,9,11,14H2,1H3. The van der Waals surface area contributed by atoms with Crippen LogP contribution in [0.5, 0.6) is 5.75 Å². The molecule has 1 unspecified atom stereocenters. The highest BCUT2D eigenvalue weighted by Crippen LogP contribution is 2.38. The number of hydrogen-bond acceptors (Lipinski definition) is 5. The fourth-order valence-corrected chi connectivity index (χ4v) is 3.57. The van der Waals surface area contributed by atoms with Crippen molar-refractivity contribution in [3.05, 3.63) is 78.1 Å². The van der Waals surface area contributed by atoms with Crippen molar-refractivity contribution in [2.75, 3.05) is 13.7 Å². The lowest BCUT2D eigenvalue weighted by Crippen LogP contribution is -2.14. The number of hydrogen-bond donors (Lipinski definition) is 0. The molecule has 0 N–H and O–H groups in total. The minimum Gasteiger partial charge on any atom is -0.493 e. The average molecular weight is 386 g/mol. The number of aromatic nitrogens is 1. The number of fused-ring (bicyclic) bond motifs is 1. The first-order valence-electron chi connectivity index (χ1n) is 9.63. The summed E-state index contributed by atoms with van der Waals surface area (Å²) in [5.74, 6) is 0.850. The molecule has 0 aliphatic carbocycles. The Morgan fingerprint density at radius 1 is 1.21 bits per heavy atom. The van der Waals surface area contributed by atoms with Crippen LogP contribution in [0.15, 0.2) is 72.0 Å². The van der Waals surface area contributed by atoms with E-state index in [1.807, 2.05) is 24.4 Å². The zero-order valence-corrected chi connectivity index (χ0v) is 16.2. The van der Waals surface area contributed by atoms with Crippen molar-refractivity contribution in [1.82, 2.24) is 4.98 Å². The summed E-state index contributed by atoms with van der Waals surface area (Å²) in [5.41, 5.74) is 4.46. The van der Waals surface area contributed by atoms with Crippen LogP contribution in [-0.4, -0.2) is 30.9 Å². The second kappa shape index (κ2) is 8.69. The number of carbonyl (C=O) groups excluding carboxylic acids is 1. The van der Waals surface area contributed by atoms with E-state index in [1.54, 1.807) is 18.5 Å². The van der Waals surface area contributed by atoms with Gasteiger partial charge in [-0.3, -0.25) is 9.98 Å². The Hall–Kier alpha value is -3.47. The molecular weight excluding hydrogens is 364 g/mol. The molecule has 1 aliphatic heterocycles. The highest BCUT2D eigenvalue weighted by Gasteiger charge is 2.21. The molecule has 3 aromatic rings. The molecule has 2 aromatic carbocycles. The molecule has 0 saturated carbocycles. The SMILES string of the molecule is COC(=O)c1ccncc1N=CCC1CCOc2cc(-c3ccccc3)ccc21. The van der Waals surface area contributed by atoms with Crippen LogP contribution in [0.3, 0.4) is 0 Å². The van der Waals surface area contributed by atoms with Crippen LogP contribution in [0.4, 0.5) is 5.69 Å². The number of benzene rings is 2. The molecule has 0 saturated heterocycles. The summed E-state index contributed by atoms with van der Waals surface area (Å²) in [6, 6.07) is 18.3. The van der Waals surface area contributed by atoms with Crippen molar-refractivity contribution in [1.29, 1.82) is 0 Å². The van der Waals surface area contributed by atoms with Crippen LogP contribution in [-0.2, 0) is 4.74 Å². The van der Waals surface area contributed by atoms with Crippen LogP contribution in [0.1, 0.15) is 34.7 Å². The summed E-state index contributed by atoms with van der Waals surface area (Å²) in [5, 5.41) is 0. The van der Waals surface area contributed by atoms with Gasteiger partial charge in [0, 0.05) is 12.4 Å². The van der Waals surface area contributed by atoms with Crippen LogP contribution in [0, 0.1) is 0 Å². The van der Waals surface area contributed by atoms with Crippen molar-refractivity contribution in [2.45, 2.75) is 18.8 Å². The van der Waals surface area contributed by atoms with E-state index in [1.165, 1.54) is 18.2 Å². The molecule has 0 fully saturated rings. The third kappa shape index (κ3) is 4.19. The molecule has 1 atom stereocenters. The largest absolute Gasteiger partial charge is 0.493 e. The summed E-state index contributed by atoms with van der Waals surface area (Å²) in [7, 11) is 1.36. The Balaban J connectivity index is 1.52. The third-order valence-electron chi connectivity index (χ3n) is 5.11. The predicted octanol–water partition coefficient (Wildman–Crippen LogP) is 5.19. The van der Waals surface area contributed by atoms with E-state index in [-0.39, 0.29) is 0 Å². The Labute approximate surface area is 170 Å². The zero-order chi connectivity index (χ0) is 20.1. The van der Waals surface area contributed by atoms with Gasteiger partial charge in [-0.15, -0.1) is 0 Å². The maximum atomic E-state index is 11.9. The van der Waals surface area contributed by atoms with E-state index in [9.17, 15) is 4.79 Å². The van der Waals surface area contributed by atoms with Gasteiger partial charge in [-0.05, 0) is 47.6 Å². The highest BCUT2D eigenvalue weighted by molar-refractivity contribution is 5.95. The molecule has 1 aromatic heterocycles. The molecule has 5 heteroatoms. The van der Waals surface area contributed by atoms with E-state index in [2.05, 4.69) is 40.3 Å². The lowest BCUT2D eigenvalue weighted by molar-refractivity contribution is 0.0601. The molecule has 0 spiro atoms. The Morgan fingerprint density at radius 2 is 2.07 bits per heavy atom. The first-order chi connectivity index (χ1) is 14.3. The minimum atomic E-state index is -0.413. The maximum absolute atomic E-state index is 11.9. The topological polar surface area (TPSA) is 60.8 Å². The van der Waals surface area contributed by atoms with Crippen molar-refractivity contribution in [3.63, 3.8) is 0 Å². The fourth-order valence-electron chi connectivity index (χ4n) is 3.57. The summed E-state index contributed by atoms with van der Waals surface area (Å²) < 4.78 is 10.7. The second-order valence-electron chi connectivity index (χ2n) is 6.88. The second-order valence-corrected chi connectivity index (χ2v) is 6.88. The predicted molar refractivity (Wildman–Crippen MR) is 113 cm³/mol. The Bertz CT molecular complexity index is 1030. The lowest BCUT2D eigenvalue weighted by Gasteiger charge is -2.25. The molecule has 146 valence electrons.